The van der Waals surface area contributed by atoms with E-state index in [1.54, 1.807) is 29.2 Å². The van der Waals surface area contributed by atoms with Gasteiger partial charge in [0.2, 0.25) is 5.91 Å². The van der Waals surface area contributed by atoms with Gasteiger partial charge in [-0.2, -0.15) is 0 Å². The fraction of sp³-hybridized carbons (Fsp3) is 0.357. The molecule has 2 rings (SSSR count). The maximum atomic E-state index is 13.9. The van der Waals surface area contributed by atoms with Crippen LogP contribution in [-0.4, -0.2) is 24.5 Å². The molecular weight excluding hydrogens is 233 g/mol. The molecule has 0 N–H and O–H groups in total. The van der Waals surface area contributed by atoms with E-state index in [1.165, 1.54) is 7.11 Å². The summed E-state index contributed by atoms with van der Waals surface area (Å²) in [5.41, 5.74) is 0.479. The Kier molecular flexibility index (Phi) is 3.65. The summed E-state index contributed by atoms with van der Waals surface area (Å²) in [7, 11) is 1.43. The van der Waals surface area contributed by atoms with Crippen molar-refractivity contribution in [3.05, 3.63) is 42.2 Å². The summed E-state index contributed by atoms with van der Waals surface area (Å²) in [5, 5.41) is 0. The van der Waals surface area contributed by atoms with Crippen molar-refractivity contribution in [3.8, 4) is 5.75 Å². The van der Waals surface area contributed by atoms with E-state index in [1.807, 2.05) is 0 Å². The summed E-state index contributed by atoms with van der Waals surface area (Å²) in [6, 6.07) is 4.96. The number of carbonyl (C=O) groups is 1. The van der Waals surface area contributed by atoms with E-state index in [4.69, 9.17) is 4.74 Å². The van der Waals surface area contributed by atoms with Crippen LogP contribution in [0.5, 0.6) is 5.75 Å². The van der Waals surface area contributed by atoms with Crippen molar-refractivity contribution >= 4 is 5.91 Å². The van der Waals surface area contributed by atoms with Gasteiger partial charge in [-0.05, 0) is 6.07 Å². The predicted octanol–water partition coefficient (Wildman–Crippen LogP) is 2.37. The quantitative estimate of drug-likeness (QED) is 0.767. The molecule has 1 aliphatic heterocycles. The minimum atomic E-state index is -0.394. The van der Waals surface area contributed by atoms with Crippen LogP contribution in [-0.2, 0) is 11.3 Å². The third kappa shape index (κ3) is 2.37. The first kappa shape index (κ1) is 12.6. The standard InChI is InChI=1S/C14H16FNO2/c1-3-10-7-13(17)16(8-10)9-11-5-4-6-12(18-2)14(11)15/h3-6,10H,1,7-9H2,2H3. The molecule has 1 heterocycles. The Morgan fingerprint density at radius 1 is 1.61 bits per heavy atom. The Hall–Kier alpha value is -1.84. The SMILES string of the molecule is C=CC1CC(=O)N(Cc2cccc(OC)c2F)C1. The molecule has 1 unspecified atom stereocenters. The Balaban J connectivity index is 2.15. The predicted molar refractivity (Wildman–Crippen MR) is 66.7 cm³/mol. The molecule has 0 bridgehead atoms. The van der Waals surface area contributed by atoms with E-state index in [9.17, 15) is 9.18 Å². The zero-order valence-electron chi connectivity index (χ0n) is 10.4. The summed E-state index contributed by atoms with van der Waals surface area (Å²) in [6.07, 6.45) is 2.24. The topological polar surface area (TPSA) is 29.5 Å². The largest absolute Gasteiger partial charge is 0.494 e. The first-order valence-corrected chi connectivity index (χ1v) is 5.87. The maximum Gasteiger partial charge on any atom is 0.223 e. The molecule has 1 aromatic carbocycles. The Morgan fingerprint density at radius 2 is 2.39 bits per heavy atom. The number of rotatable bonds is 4. The highest BCUT2D eigenvalue weighted by Crippen LogP contribution is 2.25. The number of ether oxygens (including phenoxy) is 1. The van der Waals surface area contributed by atoms with E-state index in [2.05, 4.69) is 6.58 Å². The Morgan fingerprint density at radius 3 is 3.00 bits per heavy atom. The second kappa shape index (κ2) is 5.21. The summed E-state index contributed by atoms with van der Waals surface area (Å²) < 4.78 is 18.9. The Bertz CT molecular complexity index is 473. The van der Waals surface area contributed by atoms with E-state index < -0.39 is 5.82 Å². The fourth-order valence-electron chi connectivity index (χ4n) is 2.16. The molecule has 18 heavy (non-hydrogen) atoms. The monoisotopic (exact) mass is 249 g/mol. The third-order valence-corrected chi connectivity index (χ3v) is 3.20. The average Bonchev–Trinajstić information content (AvgIpc) is 2.73. The molecule has 1 saturated heterocycles. The lowest BCUT2D eigenvalue weighted by molar-refractivity contribution is -0.128. The Labute approximate surface area is 106 Å². The van der Waals surface area contributed by atoms with Gasteiger partial charge in [0.25, 0.3) is 0 Å². The van der Waals surface area contributed by atoms with Crippen LogP contribution in [0, 0.1) is 11.7 Å². The van der Waals surface area contributed by atoms with Crippen LogP contribution in [0.4, 0.5) is 4.39 Å². The lowest BCUT2D eigenvalue weighted by Gasteiger charge is -2.17. The van der Waals surface area contributed by atoms with E-state index in [0.717, 1.165) is 0 Å². The molecule has 3 nitrogen and oxygen atoms in total. The second-order valence-electron chi connectivity index (χ2n) is 4.41. The van der Waals surface area contributed by atoms with Crippen molar-refractivity contribution in [3.63, 3.8) is 0 Å². The van der Waals surface area contributed by atoms with E-state index >= 15 is 0 Å². The molecule has 0 aliphatic carbocycles. The number of amides is 1. The van der Waals surface area contributed by atoms with Crippen molar-refractivity contribution < 1.29 is 13.9 Å². The molecule has 96 valence electrons. The summed E-state index contributed by atoms with van der Waals surface area (Å²) >= 11 is 0. The maximum absolute atomic E-state index is 13.9. The summed E-state index contributed by atoms with van der Waals surface area (Å²) in [6.45, 7) is 4.58. The van der Waals surface area contributed by atoms with Gasteiger partial charge >= 0.3 is 0 Å². The van der Waals surface area contributed by atoms with Crippen LogP contribution in [0.1, 0.15) is 12.0 Å². The molecule has 0 saturated carbocycles. The summed E-state index contributed by atoms with van der Waals surface area (Å²) in [4.78, 5) is 13.4. The van der Waals surface area contributed by atoms with Crippen LogP contribution >= 0.6 is 0 Å². The van der Waals surface area contributed by atoms with Gasteiger partial charge in [-0.15, -0.1) is 6.58 Å². The van der Waals surface area contributed by atoms with E-state index in [0.29, 0.717) is 18.5 Å². The molecule has 4 heteroatoms. The summed E-state index contributed by atoms with van der Waals surface area (Å²) in [5.74, 6) is 0.0301. The van der Waals surface area contributed by atoms with Gasteiger partial charge in [0.1, 0.15) is 0 Å². The van der Waals surface area contributed by atoms with Gasteiger partial charge in [-0.3, -0.25) is 4.79 Å². The zero-order chi connectivity index (χ0) is 13.1. The smallest absolute Gasteiger partial charge is 0.223 e. The number of nitrogens with zero attached hydrogens (tertiary/aromatic N) is 1. The highest BCUT2D eigenvalue weighted by Gasteiger charge is 2.28. The number of likely N-dealkylation sites (tertiary alicyclic amines) is 1. The van der Waals surface area contributed by atoms with Gasteiger partial charge in [-0.25, -0.2) is 4.39 Å². The van der Waals surface area contributed by atoms with Gasteiger partial charge in [0, 0.05) is 31.0 Å². The van der Waals surface area contributed by atoms with Crippen molar-refractivity contribution in [2.75, 3.05) is 13.7 Å². The lowest BCUT2D eigenvalue weighted by Crippen LogP contribution is -2.25. The number of benzene rings is 1. The van der Waals surface area contributed by atoms with Crippen molar-refractivity contribution in [1.29, 1.82) is 0 Å². The van der Waals surface area contributed by atoms with Gasteiger partial charge < -0.3 is 9.64 Å². The van der Waals surface area contributed by atoms with Crippen LogP contribution < -0.4 is 4.74 Å². The number of hydrogen-bond acceptors (Lipinski definition) is 2. The molecule has 0 aromatic heterocycles. The normalized spacial score (nSPS) is 19.1. The molecule has 0 radical (unpaired) electrons. The molecule has 1 aliphatic rings. The number of hydrogen-bond donors (Lipinski definition) is 0. The van der Waals surface area contributed by atoms with Crippen molar-refractivity contribution in [1.82, 2.24) is 4.90 Å². The second-order valence-corrected chi connectivity index (χ2v) is 4.41. The molecule has 0 spiro atoms. The molecule has 1 fully saturated rings. The number of halogens is 1. The minimum absolute atomic E-state index is 0.0436. The van der Waals surface area contributed by atoms with Gasteiger partial charge in [0.15, 0.2) is 11.6 Å². The first-order valence-electron chi connectivity index (χ1n) is 5.87. The van der Waals surface area contributed by atoms with Gasteiger partial charge in [-0.1, -0.05) is 18.2 Å². The highest BCUT2D eigenvalue weighted by atomic mass is 19.1. The molecule has 1 atom stereocenters. The van der Waals surface area contributed by atoms with E-state index in [-0.39, 0.29) is 24.1 Å². The van der Waals surface area contributed by atoms with Crippen LogP contribution in [0.25, 0.3) is 0 Å². The lowest BCUT2D eigenvalue weighted by atomic mass is 10.1. The van der Waals surface area contributed by atoms with Crippen LogP contribution in [0.2, 0.25) is 0 Å². The zero-order valence-corrected chi connectivity index (χ0v) is 10.4. The number of methoxy groups -OCH3 is 1. The highest BCUT2D eigenvalue weighted by molar-refractivity contribution is 5.79. The fourth-order valence-corrected chi connectivity index (χ4v) is 2.16. The third-order valence-electron chi connectivity index (χ3n) is 3.20. The molecule has 1 aromatic rings. The van der Waals surface area contributed by atoms with Crippen molar-refractivity contribution in [2.24, 2.45) is 5.92 Å². The van der Waals surface area contributed by atoms with Crippen LogP contribution in [0.3, 0.4) is 0 Å². The minimum Gasteiger partial charge on any atom is -0.494 e. The average molecular weight is 249 g/mol. The number of carbonyl (C=O) groups excluding carboxylic acids is 1. The first-order chi connectivity index (χ1) is 8.65. The van der Waals surface area contributed by atoms with Crippen molar-refractivity contribution in [2.45, 2.75) is 13.0 Å². The van der Waals surface area contributed by atoms with Gasteiger partial charge in [0.05, 0.1) is 7.11 Å². The molecular formula is C14H16FNO2. The van der Waals surface area contributed by atoms with Crippen LogP contribution in [0.15, 0.2) is 30.9 Å². The molecule has 1 amide bonds.